The van der Waals surface area contributed by atoms with Crippen molar-refractivity contribution in [3.63, 3.8) is 0 Å². The Morgan fingerprint density at radius 1 is 1.03 bits per heavy atom. The fourth-order valence-corrected chi connectivity index (χ4v) is 4.10. The first-order chi connectivity index (χ1) is 14.2. The smallest absolute Gasteiger partial charge is 0.151 e. The molecular weight excluding hydrogens is 362 g/mol. The quantitative estimate of drug-likeness (QED) is 0.721. The number of nitrogens with zero attached hydrogens (tertiary/aromatic N) is 6. The number of fused-ring (bicyclic) bond motifs is 1. The van der Waals surface area contributed by atoms with Crippen LogP contribution in [0.3, 0.4) is 0 Å². The molecular formula is C22H25N7. The van der Waals surface area contributed by atoms with Crippen molar-refractivity contribution >= 4 is 11.6 Å². The fraction of sp³-hybridized carbons (Fsp3) is 0.409. The summed E-state index contributed by atoms with van der Waals surface area (Å²) in [5, 5.41) is 21.0. The lowest BCUT2D eigenvalue weighted by Gasteiger charge is -2.40. The van der Waals surface area contributed by atoms with Gasteiger partial charge in [-0.1, -0.05) is 6.92 Å². The van der Waals surface area contributed by atoms with Crippen molar-refractivity contribution in [1.82, 2.24) is 25.4 Å². The summed E-state index contributed by atoms with van der Waals surface area (Å²) in [5.74, 6) is 3.15. The number of nitrogens with one attached hydrogen (secondary N) is 1. The van der Waals surface area contributed by atoms with Crippen LogP contribution in [0.25, 0.3) is 11.3 Å². The van der Waals surface area contributed by atoms with Gasteiger partial charge in [0.25, 0.3) is 0 Å². The van der Waals surface area contributed by atoms with Gasteiger partial charge in [0.05, 0.1) is 11.4 Å². The zero-order chi connectivity index (χ0) is 19.6. The van der Waals surface area contributed by atoms with Crippen LogP contribution in [0.15, 0.2) is 42.7 Å². The molecule has 0 radical (unpaired) electrons. The van der Waals surface area contributed by atoms with Crippen LogP contribution in [-0.2, 0) is 12.8 Å². The van der Waals surface area contributed by atoms with Crippen molar-refractivity contribution in [3.8, 4) is 11.3 Å². The van der Waals surface area contributed by atoms with E-state index in [-0.39, 0.29) is 0 Å². The molecule has 1 aliphatic carbocycles. The molecule has 1 unspecified atom stereocenters. The molecule has 148 valence electrons. The van der Waals surface area contributed by atoms with Crippen molar-refractivity contribution < 1.29 is 0 Å². The normalized spacial score (nSPS) is 18.8. The van der Waals surface area contributed by atoms with Gasteiger partial charge in [-0.2, -0.15) is 5.10 Å². The first-order valence-corrected chi connectivity index (χ1v) is 10.3. The highest BCUT2D eigenvalue weighted by Gasteiger charge is 2.28. The van der Waals surface area contributed by atoms with E-state index in [0.717, 1.165) is 61.3 Å². The average molecular weight is 387 g/mol. The van der Waals surface area contributed by atoms with E-state index in [1.165, 1.54) is 17.7 Å². The van der Waals surface area contributed by atoms with Gasteiger partial charge in [0, 0.05) is 43.5 Å². The lowest BCUT2D eigenvalue weighted by molar-refractivity contribution is 0.425. The van der Waals surface area contributed by atoms with E-state index >= 15 is 0 Å². The molecule has 29 heavy (non-hydrogen) atoms. The van der Waals surface area contributed by atoms with Crippen LogP contribution in [-0.4, -0.2) is 45.0 Å². The molecule has 4 heterocycles. The number of pyridine rings is 1. The maximum atomic E-state index is 4.43. The lowest BCUT2D eigenvalue weighted by Crippen LogP contribution is -2.50. The number of rotatable bonds is 5. The van der Waals surface area contributed by atoms with Gasteiger partial charge in [0.2, 0.25) is 0 Å². The Hall–Kier alpha value is -3.09. The van der Waals surface area contributed by atoms with Crippen molar-refractivity contribution in [1.29, 1.82) is 0 Å². The highest BCUT2D eigenvalue weighted by molar-refractivity contribution is 5.59. The minimum atomic E-state index is 0.577. The molecule has 1 fully saturated rings. The van der Waals surface area contributed by atoms with Gasteiger partial charge in [0.1, 0.15) is 5.82 Å². The van der Waals surface area contributed by atoms with E-state index in [4.69, 9.17) is 0 Å². The Morgan fingerprint density at radius 2 is 1.90 bits per heavy atom. The van der Waals surface area contributed by atoms with Crippen LogP contribution in [0.1, 0.15) is 24.6 Å². The maximum Gasteiger partial charge on any atom is 0.151 e. The predicted octanol–water partition coefficient (Wildman–Crippen LogP) is 3.00. The Labute approximate surface area is 170 Å². The SMILES string of the molecule is CC1CCc2nnc(NCC3CN(c4ccc(-c5ccncc5)nn4)C3)cc2C1. The Morgan fingerprint density at radius 3 is 2.69 bits per heavy atom. The Balaban J connectivity index is 1.13. The zero-order valence-corrected chi connectivity index (χ0v) is 16.6. The monoisotopic (exact) mass is 387 g/mol. The topological polar surface area (TPSA) is 79.7 Å². The fourth-order valence-electron chi connectivity index (χ4n) is 4.10. The number of aromatic nitrogens is 5. The number of hydrogen-bond donors (Lipinski definition) is 1. The van der Waals surface area contributed by atoms with Gasteiger partial charge < -0.3 is 10.2 Å². The summed E-state index contributed by atoms with van der Waals surface area (Å²) >= 11 is 0. The molecule has 0 bridgehead atoms. The summed E-state index contributed by atoms with van der Waals surface area (Å²) in [6, 6.07) is 10.1. The largest absolute Gasteiger partial charge is 0.368 e. The molecule has 0 spiro atoms. The van der Waals surface area contributed by atoms with E-state index in [0.29, 0.717) is 5.92 Å². The maximum absolute atomic E-state index is 4.43. The second kappa shape index (κ2) is 7.73. The minimum absolute atomic E-state index is 0.577. The molecule has 7 heteroatoms. The minimum Gasteiger partial charge on any atom is -0.368 e. The number of aryl methyl sites for hydroxylation is 1. The van der Waals surface area contributed by atoms with Crippen LogP contribution in [0.4, 0.5) is 11.6 Å². The second-order valence-electron chi connectivity index (χ2n) is 8.21. The Bertz CT molecular complexity index is 968. The molecule has 1 atom stereocenters. The molecule has 1 saturated heterocycles. The summed E-state index contributed by atoms with van der Waals surface area (Å²) in [5.41, 5.74) is 4.44. The third kappa shape index (κ3) is 3.90. The van der Waals surface area contributed by atoms with E-state index in [2.05, 4.69) is 48.6 Å². The first kappa shape index (κ1) is 18.0. The third-order valence-corrected chi connectivity index (χ3v) is 5.88. The van der Waals surface area contributed by atoms with Gasteiger partial charge in [-0.3, -0.25) is 4.98 Å². The van der Waals surface area contributed by atoms with Crippen molar-refractivity contribution in [2.24, 2.45) is 11.8 Å². The molecule has 5 rings (SSSR count). The van der Waals surface area contributed by atoms with Crippen LogP contribution in [0, 0.1) is 11.8 Å². The van der Waals surface area contributed by atoms with Crippen LogP contribution >= 0.6 is 0 Å². The summed E-state index contributed by atoms with van der Waals surface area (Å²) in [6.07, 6.45) is 6.93. The Kier molecular flexibility index (Phi) is 4.79. The predicted molar refractivity (Wildman–Crippen MR) is 113 cm³/mol. The van der Waals surface area contributed by atoms with E-state index in [9.17, 15) is 0 Å². The second-order valence-corrected chi connectivity index (χ2v) is 8.21. The van der Waals surface area contributed by atoms with E-state index in [1.807, 2.05) is 24.3 Å². The van der Waals surface area contributed by atoms with Crippen molar-refractivity contribution in [2.75, 3.05) is 29.9 Å². The third-order valence-electron chi connectivity index (χ3n) is 5.88. The van der Waals surface area contributed by atoms with Gasteiger partial charge >= 0.3 is 0 Å². The molecule has 0 aromatic carbocycles. The van der Waals surface area contributed by atoms with Crippen LogP contribution in [0.2, 0.25) is 0 Å². The lowest BCUT2D eigenvalue weighted by atomic mass is 9.88. The number of anilines is 2. The molecule has 0 saturated carbocycles. The first-order valence-electron chi connectivity index (χ1n) is 10.3. The van der Waals surface area contributed by atoms with E-state index in [1.54, 1.807) is 12.4 Å². The van der Waals surface area contributed by atoms with Gasteiger partial charge in [-0.25, -0.2) is 0 Å². The van der Waals surface area contributed by atoms with Crippen molar-refractivity contribution in [2.45, 2.75) is 26.2 Å². The highest BCUT2D eigenvalue weighted by atomic mass is 15.3. The molecule has 1 aliphatic heterocycles. The summed E-state index contributed by atoms with van der Waals surface area (Å²) in [6.45, 7) is 5.17. The van der Waals surface area contributed by atoms with Gasteiger partial charge in [0.15, 0.2) is 5.82 Å². The van der Waals surface area contributed by atoms with Crippen LogP contribution < -0.4 is 10.2 Å². The average Bonchev–Trinajstić information content (AvgIpc) is 2.73. The zero-order valence-electron chi connectivity index (χ0n) is 16.6. The molecule has 3 aromatic rings. The highest BCUT2D eigenvalue weighted by Crippen LogP contribution is 2.26. The van der Waals surface area contributed by atoms with Gasteiger partial charge in [-0.05, 0) is 61.1 Å². The summed E-state index contributed by atoms with van der Waals surface area (Å²) in [7, 11) is 0. The molecule has 1 N–H and O–H groups in total. The standard InChI is InChI=1S/C22H25N7/c1-15-2-3-20-18(10-15)11-21(27-25-20)24-12-16-13-29(14-16)22-5-4-19(26-28-22)17-6-8-23-9-7-17/h4-9,11,15-16H,2-3,10,12-14H2,1H3,(H,24,27). The van der Waals surface area contributed by atoms with Crippen molar-refractivity contribution in [3.05, 3.63) is 54.0 Å². The summed E-state index contributed by atoms with van der Waals surface area (Å²) in [4.78, 5) is 6.30. The molecule has 2 aliphatic rings. The van der Waals surface area contributed by atoms with Crippen LogP contribution in [0.5, 0.6) is 0 Å². The molecule has 0 amide bonds. The van der Waals surface area contributed by atoms with Gasteiger partial charge in [-0.15, -0.1) is 15.3 Å². The molecule has 7 nitrogen and oxygen atoms in total. The number of hydrogen-bond acceptors (Lipinski definition) is 7. The molecule has 3 aromatic heterocycles. The summed E-state index contributed by atoms with van der Waals surface area (Å²) < 4.78 is 0. The van der Waals surface area contributed by atoms with E-state index < -0.39 is 0 Å².